The van der Waals surface area contributed by atoms with Gasteiger partial charge in [-0.15, -0.1) is 0 Å². The minimum atomic E-state index is -0.459. The minimum absolute atomic E-state index is 0.0683. The molecule has 6 heteroatoms. The van der Waals surface area contributed by atoms with Crippen molar-refractivity contribution in [3.05, 3.63) is 0 Å². The van der Waals surface area contributed by atoms with E-state index >= 15 is 0 Å². The van der Waals surface area contributed by atoms with E-state index in [4.69, 9.17) is 4.74 Å². The lowest BCUT2D eigenvalue weighted by Crippen LogP contribution is -2.46. The van der Waals surface area contributed by atoms with Crippen molar-refractivity contribution >= 4 is 11.9 Å². The van der Waals surface area contributed by atoms with Crippen LogP contribution in [0.5, 0.6) is 0 Å². The van der Waals surface area contributed by atoms with Gasteiger partial charge in [0.1, 0.15) is 6.04 Å². The van der Waals surface area contributed by atoms with Crippen molar-refractivity contribution in [1.82, 2.24) is 10.6 Å². The number of amides is 1. The molecule has 2 N–H and O–H groups in total. The van der Waals surface area contributed by atoms with Crippen LogP contribution in [0, 0.1) is 5.92 Å². The van der Waals surface area contributed by atoms with Gasteiger partial charge in [-0.2, -0.15) is 0 Å². The number of carbonyl (C=O) groups excluding carboxylic acids is 2. The molecule has 0 aliphatic heterocycles. The van der Waals surface area contributed by atoms with Gasteiger partial charge in [0.2, 0.25) is 5.91 Å². The number of nitrogens with one attached hydrogen (secondary N) is 2. The van der Waals surface area contributed by atoms with Crippen molar-refractivity contribution in [2.45, 2.75) is 26.3 Å². The van der Waals surface area contributed by atoms with Crippen LogP contribution in [0.15, 0.2) is 0 Å². The molecule has 0 spiro atoms. The van der Waals surface area contributed by atoms with E-state index in [1.54, 1.807) is 7.11 Å². The molecule has 18 heavy (non-hydrogen) atoms. The maximum Gasteiger partial charge on any atom is 0.323 e. The Hall–Kier alpha value is -1.14. The van der Waals surface area contributed by atoms with E-state index in [2.05, 4.69) is 15.4 Å². The van der Waals surface area contributed by atoms with Gasteiger partial charge < -0.3 is 14.8 Å². The molecule has 0 aromatic heterocycles. The van der Waals surface area contributed by atoms with E-state index in [9.17, 15) is 9.59 Å². The van der Waals surface area contributed by atoms with Crippen LogP contribution in [0.25, 0.3) is 0 Å². The molecule has 0 heterocycles. The highest BCUT2D eigenvalue weighted by molar-refractivity contribution is 5.80. The molecular formula is C12H24N2O4. The number of hydrogen-bond acceptors (Lipinski definition) is 5. The predicted molar refractivity (Wildman–Crippen MR) is 68.1 cm³/mol. The lowest BCUT2D eigenvalue weighted by Gasteiger charge is -2.19. The summed E-state index contributed by atoms with van der Waals surface area (Å²) in [5.41, 5.74) is 0. The summed E-state index contributed by atoms with van der Waals surface area (Å²) in [6, 6.07) is -0.459. The van der Waals surface area contributed by atoms with Gasteiger partial charge in [0.05, 0.1) is 13.7 Å². The monoisotopic (exact) mass is 260 g/mol. The third-order valence-electron chi connectivity index (χ3n) is 2.45. The molecular weight excluding hydrogens is 236 g/mol. The molecule has 0 aromatic rings. The topological polar surface area (TPSA) is 76.7 Å². The number of rotatable bonds is 9. The SMILES string of the molecule is COCCCNC(=O)CNC(C(=O)OC)C(C)C. The van der Waals surface area contributed by atoms with Gasteiger partial charge in [0.25, 0.3) is 0 Å². The number of ether oxygens (including phenoxy) is 2. The van der Waals surface area contributed by atoms with E-state index in [0.717, 1.165) is 6.42 Å². The second-order valence-corrected chi connectivity index (χ2v) is 4.32. The molecule has 0 radical (unpaired) electrons. The Kier molecular flexibility index (Phi) is 9.22. The van der Waals surface area contributed by atoms with Gasteiger partial charge in [0.15, 0.2) is 0 Å². The summed E-state index contributed by atoms with van der Waals surface area (Å²) >= 11 is 0. The normalized spacial score (nSPS) is 12.3. The lowest BCUT2D eigenvalue weighted by atomic mass is 10.0. The molecule has 0 rings (SSSR count). The Morgan fingerprint density at radius 2 is 1.89 bits per heavy atom. The second-order valence-electron chi connectivity index (χ2n) is 4.32. The third-order valence-corrected chi connectivity index (χ3v) is 2.45. The Labute approximate surface area is 108 Å². The molecule has 0 aliphatic rings. The number of esters is 1. The van der Waals surface area contributed by atoms with E-state index in [0.29, 0.717) is 13.2 Å². The lowest BCUT2D eigenvalue weighted by molar-refractivity contribution is -0.144. The molecule has 1 atom stereocenters. The van der Waals surface area contributed by atoms with Gasteiger partial charge in [-0.1, -0.05) is 13.8 Å². The third kappa shape index (κ3) is 7.24. The first-order valence-corrected chi connectivity index (χ1v) is 6.09. The minimum Gasteiger partial charge on any atom is -0.468 e. The van der Waals surface area contributed by atoms with E-state index < -0.39 is 6.04 Å². The fourth-order valence-electron chi connectivity index (χ4n) is 1.43. The molecule has 0 saturated carbocycles. The summed E-state index contributed by atoms with van der Waals surface area (Å²) in [7, 11) is 2.96. The van der Waals surface area contributed by atoms with Crippen molar-refractivity contribution in [2.75, 3.05) is 33.9 Å². The summed E-state index contributed by atoms with van der Waals surface area (Å²) in [5, 5.41) is 5.63. The summed E-state index contributed by atoms with van der Waals surface area (Å²) in [4.78, 5) is 22.9. The van der Waals surface area contributed by atoms with Crippen LogP contribution >= 0.6 is 0 Å². The van der Waals surface area contributed by atoms with Gasteiger partial charge in [-0.25, -0.2) is 0 Å². The first-order chi connectivity index (χ1) is 8.52. The predicted octanol–water partition coefficient (Wildman–Crippen LogP) is -0.0737. The summed E-state index contributed by atoms with van der Waals surface area (Å²) in [6.45, 7) is 5.07. The quantitative estimate of drug-likeness (QED) is 0.448. The fourth-order valence-corrected chi connectivity index (χ4v) is 1.43. The maximum atomic E-state index is 11.5. The standard InChI is InChI=1S/C12H24N2O4/c1-9(2)11(12(16)18-4)14-8-10(15)13-6-5-7-17-3/h9,11,14H,5-8H2,1-4H3,(H,13,15). The molecule has 0 bridgehead atoms. The number of methoxy groups -OCH3 is 2. The van der Waals surface area contributed by atoms with Crippen molar-refractivity contribution in [3.63, 3.8) is 0 Å². The molecule has 6 nitrogen and oxygen atoms in total. The number of hydrogen-bond donors (Lipinski definition) is 2. The van der Waals surface area contributed by atoms with Crippen molar-refractivity contribution in [1.29, 1.82) is 0 Å². The van der Waals surface area contributed by atoms with E-state index in [-0.39, 0.29) is 24.3 Å². The molecule has 0 aliphatic carbocycles. The van der Waals surface area contributed by atoms with Crippen molar-refractivity contribution in [3.8, 4) is 0 Å². The highest BCUT2D eigenvalue weighted by atomic mass is 16.5. The zero-order valence-electron chi connectivity index (χ0n) is 11.6. The van der Waals surface area contributed by atoms with Crippen molar-refractivity contribution in [2.24, 2.45) is 5.92 Å². The average Bonchev–Trinajstić information content (AvgIpc) is 2.34. The average molecular weight is 260 g/mol. The van der Waals surface area contributed by atoms with Gasteiger partial charge >= 0.3 is 5.97 Å². The summed E-state index contributed by atoms with van der Waals surface area (Å²) in [6.07, 6.45) is 0.771. The smallest absolute Gasteiger partial charge is 0.323 e. The zero-order valence-corrected chi connectivity index (χ0v) is 11.6. The zero-order chi connectivity index (χ0) is 14.0. The fraction of sp³-hybridized carbons (Fsp3) is 0.833. The first-order valence-electron chi connectivity index (χ1n) is 6.09. The Morgan fingerprint density at radius 3 is 2.39 bits per heavy atom. The summed E-state index contributed by atoms with van der Waals surface area (Å²) in [5.74, 6) is -0.420. The van der Waals surface area contributed by atoms with Gasteiger partial charge in [-0.3, -0.25) is 14.9 Å². The van der Waals surface area contributed by atoms with Crippen LogP contribution in [0.3, 0.4) is 0 Å². The molecule has 1 unspecified atom stereocenters. The van der Waals surface area contributed by atoms with E-state index in [1.165, 1.54) is 7.11 Å². The van der Waals surface area contributed by atoms with Crippen molar-refractivity contribution < 1.29 is 19.1 Å². The van der Waals surface area contributed by atoms with E-state index in [1.807, 2.05) is 13.8 Å². The van der Waals surface area contributed by atoms with Gasteiger partial charge in [0, 0.05) is 20.3 Å². The van der Waals surface area contributed by atoms with Crippen LogP contribution in [0.4, 0.5) is 0 Å². The van der Waals surface area contributed by atoms with Crippen LogP contribution in [-0.4, -0.2) is 51.8 Å². The molecule has 1 amide bonds. The summed E-state index contributed by atoms with van der Waals surface area (Å²) < 4.78 is 9.54. The van der Waals surface area contributed by atoms with Crippen LogP contribution in [0.1, 0.15) is 20.3 Å². The largest absolute Gasteiger partial charge is 0.468 e. The Morgan fingerprint density at radius 1 is 1.22 bits per heavy atom. The molecule has 0 fully saturated rings. The number of carbonyl (C=O) groups is 2. The highest BCUT2D eigenvalue weighted by Crippen LogP contribution is 2.02. The second kappa shape index (κ2) is 9.85. The van der Waals surface area contributed by atoms with Crippen LogP contribution in [-0.2, 0) is 19.1 Å². The Balaban J connectivity index is 3.89. The first kappa shape index (κ1) is 16.9. The molecule has 0 saturated heterocycles. The Bertz CT molecular complexity index is 256. The van der Waals surface area contributed by atoms with Crippen LogP contribution in [0.2, 0.25) is 0 Å². The molecule has 0 aromatic carbocycles. The van der Waals surface area contributed by atoms with Gasteiger partial charge in [-0.05, 0) is 12.3 Å². The molecule has 106 valence electrons. The maximum absolute atomic E-state index is 11.5. The van der Waals surface area contributed by atoms with Crippen LogP contribution < -0.4 is 10.6 Å². The highest BCUT2D eigenvalue weighted by Gasteiger charge is 2.22.